The van der Waals surface area contributed by atoms with Gasteiger partial charge in [-0.15, -0.1) is 0 Å². The summed E-state index contributed by atoms with van der Waals surface area (Å²) in [5.41, 5.74) is 5.16. The number of carboxylic acid groups (broad SMARTS) is 1. The first kappa shape index (κ1) is 13.2. The largest absolute Gasteiger partial charge is 0.480 e. The van der Waals surface area contributed by atoms with Crippen LogP contribution in [0.1, 0.15) is 18.1 Å². The van der Waals surface area contributed by atoms with Gasteiger partial charge < -0.3 is 10.8 Å². The van der Waals surface area contributed by atoms with Gasteiger partial charge in [-0.25, -0.2) is 4.79 Å². The normalized spacial score (nSPS) is 14.0. The van der Waals surface area contributed by atoms with Gasteiger partial charge in [-0.05, 0) is 25.0 Å². The van der Waals surface area contributed by atoms with E-state index >= 15 is 0 Å². The maximum Gasteiger partial charge on any atom is 0.328 e. The van der Waals surface area contributed by atoms with Crippen molar-refractivity contribution in [2.24, 2.45) is 5.73 Å². The Morgan fingerprint density at radius 2 is 2.00 bits per heavy atom. The van der Waals surface area contributed by atoms with Crippen molar-refractivity contribution in [2.45, 2.75) is 19.4 Å². The fourth-order valence-electron chi connectivity index (χ4n) is 1.68. The molecule has 1 atom stereocenters. The fraction of sp³-hybridized carbons (Fsp3) is 0.333. The predicted octanol–water partition coefficient (Wildman–Crippen LogP) is 0.370. The first-order valence-electron chi connectivity index (χ1n) is 5.20. The average molecular weight is 236 g/mol. The average Bonchev–Trinajstić information content (AvgIpc) is 2.26. The van der Waals surface area contributed by atoms with Gasteiger partial charge in [0.05, 0.1) is 6.54 Å². The van der Waals surface area contributed by atoms with Gasteiger partial charge >= 0.3 is 5.97 Å². The van der Waals surface area contributed by atoms with Crippen LogP contribution in [0.2, 0.25) is 0 Å². The standard InChI is InChI=1S/C12H16N2O3/c1-8-5-3-4-6-9(8)12(2,11(16)17)14-7-10(13)15/h3-6,14H,7H2,1-2H3,(H2,13,15)(H,16,17). The Morgan fingerprint density at radius 3 is 2.47 bits per heavy atom. The van der Waals surface area contributed by atoms with Crippen LogP contribution in [0.3, 0.4) is 0 Å². The number of amides is 1. The molecule has 5 heteroatoms. The molecule has 0 heterocycles. The van der Waals surface area contributed by atoms with Crippen LogP contribution >= 0.6 is 0 Å². The van der Waals surface area contributed by atoms with Gasteiger partial charge in [0.25, 0.3) is 0 Å². The molecule has 0 radical (unpaired) electrons. The van der Waals surface area contributed by atoms with Gasteiger partial charge in [-0.3, -0.25) is 10.1 Å². The topological polar surface area (TPSA) is 92.4 Å². The number of rotatable bonds is 5. The van der Waals surface area contributed by atoms with Crippen LogP contribution in [0, 0.1) is 6.92 Å². The van der Waals surface area contributed by atoms with Crippen LogP contribution in [0.4, 0.5) is 0 Å². The third kappa shape index (κ3) is 2.82. The SMILES string of the molecule is Cc1ccccc1C(C)(NCC(N)=O)C(=O)O. The lowest BCUT2D eigenvalue weighted by Crippen LogP contribution is -2.50. The van der Waals surface area contributed by atoms with E-state index in [-0.39, 0.29) is 6.54 Å². The van der Waals surface area contributed by atoms with Crippen molar-refractivity contribution in [3.63, 3.8) is 0 Å². The molecule has 1 aromatic carbocycles. The first-order valence-corrected chi connectivity index (χ1v) is 5.20. The molecule has 1 amide bonds. The molecule has 0 saturated heterocycles. The third-order valence-corrected chi connectivity index (χ3v) is 2.73. The highest BCUT2D eigenvalue weighted by Gasteiger charge is 2.36. The number of hydrogen-bond donors (Lipinski definition) is 3. The molecular formula is C12H16N2O3. The van der Waals surface area contributed by atoms with Crippen molar-refractivity contribution >= 4 is 11.9 Å². The van der Waals surface area contributed by atoms with Gasteiger partial charge in [0.2, 0.25) is 5.91 Å². The summed E-state index contributed by atoms with van der Waals surface area (Å²) in [6, 6.07) is 7.13. The molecule has 0 spiro atoms. The van der Waals surface area contributed by atoms with E-state index in [1.807, 2.05) is 19.1 Å². The molecule has 1 unspecified atom stereocenters. The van der Waals surface area contributed by atoms with E-state index in [9.17, 15) is 14.7 Å². The number of nitrogens with one attached hydrogen (secondary N) is 1. The summed E-state index contributed by atoms with van der Waals surface area (Å²) in [6.07, 6.45) is 0. The molecule has 0 aliphatic carbocycles. The molecule has 0 fully saturated rings. The van der Waals surface area contributed by atoms with Crippen LogP contribution in [-0.2, 0) is 15.1 Å². The van der Waals surface area contributed by atoms with E-state index in [0.717, 1.165) is 5.56 Å². The van der Waals surface area contributed by atoms with E-state index in [0.29, 0.717) is 5.56 Å². The molecule has 0 bridgehead atoms. The van der Waals surface area contributed by atoms with Crippen LogP contribution in [0.25, 0.3) is 0 Å². The van der Waals surface area contributed by atoms with Crippen molar-refractivity contribution in [2.75, 3.05) is 6.54 Å². The summed E-state index contributed by atoms with van der Waals surface area (Å²) in [5.74, 6) is -1.64. The Kier molecular flexibility index (Phi) is 3.85. The minimum absolute atomic E-state index is 0.183. The Bertz CT molecular complexity index is 445. The quantitative estimate of drug-likeness (QED) is 0.688. The maximum absolute atomic E-state index is 11.4. The van der Waals surface area contributed by atoms with Gasteiger partial charge in [-0.1, -0.05) is 24.3 Å². The van der Waals surface area contributed by atoms with Crippen molar-refractivity contribution in [1.29, 1.82) is 0 Å². The smallest absolute Gasteiger partial charge is 0.328 e. The number of aryl methyl sites for hydroxylation is 1. The molecule has 4 N–H and O–H groups in total. The van der Waals surface area contributed by atoms with Crippen LogP contribution in [0.15, 0.2) is 24.3 Å². The maximum atomic E-state index is 11.4. The van der Waals surface area contributed by atoms with Crippen LogP contribution in [-0.4, -0.2) is 23.5 Å². The van der Waals surface area contributed by atoms with Crippen molar-refractivity contribution in [3.8, 4) is 0 Å². The number of nitrogens with two attached hydrogens (primary N) is 1. The second-order valence-electron chi connectivity index (χ2n) is 4.06. The zero-order valence-corrected chi connectivity index (χ0v) is 9.86. The summed E-state index contributed by atoms with van der Waals surface area (Å²) in [6.45, 7) is 3.15. The third-order valence-electron chi connectivity index (χ3n) is 2.73. The highest BCUT2D eigenvalue weighted by Crippen LogP contribution is 2.24. The fourth-order valence-corrected chi connectivity index (χ4v) is 1.68. The predicted molar refractivity (Wildman–Crippen MR) is 63.4 cm³/mol. The zero-order valence-electron chi connectivity index (χ0n) is 9.86. The molecule has 0 aromatic heterocycles. The number of benzene rings is 1. The Balaban J connectivity index is 3.12. The molecule has 17 heavy (non-hydrogen) atoms. The lowest BCUT2D eigenvalue weighted by atomic mass is 9.88. The lowest BCUT2D eigenvalue weighted by molar-refractivity contribution is -0.144. The summed E-state index contributed by atoms with van der Waals surface area (Å²) in [4.78, 5) is 22.1. The van der Waals surface area contributed by atoms with E-state index < -0.39 is 17.4 Å². The van der Waals surface area contributed by atoms with Gasteiger partial charge in [0, 0.05) is 0 Å². The summed E-state index contributed by atoms with van der Waals surface area (Å²) in [5, 5.41) is 12.0. The first-order chi connectivity index (χ1) is 7.88. The summed E-state index contributed by atoms with van der Waals surface area (Å²) < 4.78 is 0. The van der Waals surface area contributed by atoms with Crippen molar-refractivity contribution in [3.05, 3.63) is 35.4 Å². The zero-order chi connectivity index (χ0) is 13.1. The number of carbonyl (C=O) groups is 2. The molecule has 0 saturated carbocycles. The molecular weight excluding hydrogens is 220 g/mol. The monoisotopic (exact) mass is 236 g/mol. The van der Waals surface area contributed by atoms with E-state index in [4.69, 9.17) is 5.73 Å². The van der Waals surface area contributed by atoms with Crippen molar-refractivity contribution in [1.82, 2.24) is 5.32 Å². The second kappa shape index (κ2) is 4.97. The minimum atomic E-state index is -1.32. The van der Waals surface area contributed by atoms with Gasteiger partial charge in [0.1, 0.15) is 5.54 Å². The number of carbonyl (C=O) groups excluding carboxylic acids is 1. The molecule has 92 valence electrons. The minimum Gasteiger partial charge on any atom is -0.480 e. The van der Waals surface area contributed by atoms with Crippen LogP contribution in [0.5, 0.6) is 0 Å². The highest BCUT2D eigenvalue weighted by molar-refractivity contribution is 5.82. The van der Waals surface area contributed by atoms with Crippen molar-refractivity contribution < 1.29 is 14.7 Å². The molecule has 0 aliphatic rings. The van der Waals surface area contributed by atoms with E-state index in [1.54, 1.807) is 12.1 Å². The van der Waals surface area contributed by atoms with Crippen LogP contribution < -0.4 is 11.1 Å². The Labute approximate surface area is 99.6 Å². The number of hydrogen-bond acceptors (Lipinski definition) is 3. The van der Waals surface area contributed by atoms with Gasteiger partial charge in [-0.2, -0.15) is 0 Å². The molecule has 0 aliphatic heterocycles. The Hall–Kier alpha value is -1.88. The molecule has 1 aromatic rings. The summed E-state index contributed by atoms with van der Waals surface area (Å²) >= 11 is 0. The van der Waals surface area contributed by atoms with E-state index in [2.05, 4.69) is 5.32 Å². The lowest BCUT2D eigenvalue weighted by Gasteiger charge is -2.27. The van der Waals surface area contributed by atoms with E-state index in [1.165, 1.54) is 6.92 Å². The molecule has 1 rings (SSSR count). The summed E-state index contributed by atoms with van der Waals surface area (Å²) in [7, 11) is 0. The number of primary amides is 1. The number of aliphatic carboxylic acids is 1. The second-order valence-corrected chi connectivity index (χ2v) is 4.06. The number of carboxylic acids is 1. The van der Waals surface area contributed by atoms with Gasteiger partial charge in [0.15, 0.2) is 0 Å². The highest BCUT2D eigenvalue weighted by atomic mass is 16.4. The molecule has 5 nitrogen and oxygen atoms in total. The Morgan fingerprint density at radius 1 is 1.41 bits per heavy atom.